The first kappa shape index (κ1) is 9.98. The standard InChI is InChI=1S/C8H14N2O3/c1-2-10-4-3-7(11)9-6(5-10)8(12)13/h6H,2-5H2,1H3,(H,9,11)(H,12,13). The number of nitrogens with one attached hydrogen (secondary N) is 1. The summed E-state index contributed by atoms with van der Waals surface area (Å²) in [6.45, 7) is 3.77. The van der Waals surface area contributed by atoms with Gasteiger partial charge in [0.15, 0.2) is 0 Å². The summed E-state index contributed by atoms with van der Waals surface area (Å²) in [5.41, 5.74) is 0. The van der Waals surface area contributed by atoms with E-state index in [0.29, 0.717) is 19.5 Å². The average molecular weight is 186 g/mol. The lowest BCUT2D eigenvalue weighted by molar-refractivity contribution is -0.141. The Kier molecular flexibility index (Phi) is 3.25. The Morgan fingerprint density at radius 2 is 2.46 bits per heavy atom. The van der Waals surface area contributed by atoms with Crippen molar-refractivity contribution in [3.63, 3.8) is 0 Å². The van der Waals surface area contributed by atoms with Crippen LogP contribution in [0.4, 0.5) is 0 Å². The topological polar surface area (TPSA) is 69.6 Å². The highest BCUT2D eigenvalue weighted by Gasteiger charge is 2.25. The summed E-state index contributed by atoms with van der Waals surface area (Å²) < 4.78 is 0. The SMILES string of the molecule is CCN1CCC(=O)NC(C(=O)O)C1. The molecule has 1 saturated heterocycles. The van der Waals surface area contributed by atoms with Gasteiger partial charge < -0.3 is 15.3 Å². The predicted molar refractivity (Wildman–Crippen MR) is 46.3 cm³/mol. The third kappa shape index (κ3) is 2.69. The maximum absolute atomic E-state index is 11.1. The fourth-order valence-electron chi connectivity index (χ4n) is 1.35. The second-order valence-electron chi connectivity index (χ2n) is 3.10. The molecule has 5 nitrogen and oxygen atoms in total. The van der Waals surface area contributed by atoms with Crippen LogP contribution in [0.15, 0.2) is 0 Å². The van der Waals surface area contributed by atoms with Crippen molar-refractivity contribution in [1.29, 1.82) is 0 Å². The highest BCUT2D eigenvalue weighted by atomic mass is 16.4. The number of carboxylic acid groups (broad SMARTS) is 1. The number of likely N-dealkylation sites (N-methyl/N-ethyl adjacent to an activating group) is 1. The van der Waals surface area contributed by atoms with Crippen LogP contribution in [0.3, 0.4) is 0 Å². The largest absolute Gasteiger partial charge is 0.480 e. The lowest BCUT2D eigenvalue weighted by atomic mass is 10.3. The molecular weight excluding hydrogens is 172 g/mol. The number of carbonyl (C=O) groups is 2. The predicted octanol–water partition coefficient (Wildman–Crippen LogP) is -0.719. The summed E-state index contributed by atoms with van der Waals surface area (Å²) in [7, 11) is 0. The Hall–Kier alpha value is -1.10. The summed E-state index contributed by atoms with van der Waals surface area (Å²) in [6.07, 6.45) is 0.387. The summed E-state index contributed by atoms with van der Waals surface area (Å²) in [4.78, 5) is 23.7. The summed E-state index contributed by atoms with van der Waals surface area (Å²) in [6, 6.07) is -0.755. The maximum Gasteiger partial charge on any atom is 0.327 e. The monoisotopic (exact) mass is 186 g/mol. The molecule has 1 amide bonds. The summed E-state index contributed by atoms with van der Waals surface area (Å²) >= 11 is 0. The molecule has 0 bridgehead atoms. The first-order valence-corrected chi connectivity index (χ1v) is 4.38. The second kappa shape index (κ2) is 4.23. The highest BCUT2D eigenvalue weighted by molar-refractivity contribution is 5.84. The van der Waals surface area contributed by atoms with Gasteiger partial charge in [0.1, 0.15) is 6.04 Å². The van der Waals surface area contributed by atoms with Crippen LogP contribution in [0.2, 0.25) is 0 Å². The van der Waals surface area contributed by atoms with Crippen LogP contribution < -0.4 is 5.32 Å². The van der Waals surface area contributed by atoms with Gasteiger partial charge in [-0.1, -0.05) is 6.92 Å². The molecule has 74 valence electrons. The van der Waals surface area contributed by atoms with Gasteiger partial charge in [0.2, 0.25) is 5.91 Å². The molecule has 1 aliphatic rings. The summed E-state index contributed by atoms with van der Waals surface area (Å²) in [5, 5.41) is 11.2. The highest BCUT2D eigenvalue weighted by Crippen LogP contribution is 2.00. The van der Waals surface area contributed by atoms with Crippen LogP contribution in [0.25, 0.3) is 0 Å². The minimum absolute atomic E-state index is 0.177. The Bertz CT molecular complexity index is 217. The van der Waals surface area contributed by atoms with Crippen LogP contribution in [0, 0.1) is 0 Å². The van der Waals surface area contributed by atoms with Crippen molar-refractivity contribution >= 4 is 11.9 Å². The van der Waals surface area contributed by atoms with Crippen molar-refractivity contribution in [3.8, 4) is 0 Å². The van der Waals surface area contributed by atoms with Gasteiger partial charge in [-0.2, -0.15) is 0 Å². The van der Waals surface area contributed by atoms with E-state index in [-0.39, 0.29) is 5.91 Å². The minimum Gasteiger partial charge on any atom is -0.480 e. The van der Waals surface area contributed by atoms with Crippen molar-refractivity contribution in [2.24, 2.45) is 0 Å². The van der Waals surface area contributed by atoms with E-state index in [1.54, 1.807) is 0 Å². The second-order valence-corrected chi connectivity index (χ2v) is 3.10. The van der Waals surface area contributed by atoms with Gasteiger partial charge in [0.05, 0.1) is 0 Å². The molecule has 1 aliphatic heterocycles. The Morgan fingerprint density at radius 3 is 3.00 bits per heavy atom. The number of aliphatic carboxylic acids is 1. The summed E-state index contributed by atoms with van der Waals surface area (Å²) in [5.74, 6) is -1.14. The maximum atomic E-state index is 11.1. The zero-order chi connectivity index (χ0) is 9.84. The van der Waals surface area contributed by atoms with Crippen LogP contribution in [0.1, 0.15) is 13.3 Å². The van der Waals surface area contributed by atoms with Crippen molar-refractivity contribution in [2.75, 3.05) is 19.6 Å². The van der Waals surface area contributed by atoms with Crippen LogP contribution in [0.5, 0.6) is 0 Å². The molecule has 0 aromatic carbocycles. The van der Waals surface area contributed by atoms with Gasteiger partial charge in [-0.25, -0.2) is 4.79 Å². The van der Waals surface area contributed by atoms with Gasteiger partial charge in [0.25, 0.3) is 0 Å². The number of carbonyl (C=O) groups excluding carboxylic acids is 1. The number of hydrogen-bond donors (Lipinski definition) is 2. The van der Waals surface area contributed by atoms with Gasteiger partial charge in [0, 0.05) is 19.5 Å². The molecule has 5 heteroatoms. The molecule has 1 atom stereocenters. The lowest BCUT2D eigenvalue weighted by Crippen LogP contribution is -2.44. The van der Waals surface area contributed by atoms with E-state index >= 15 is 0 Å². The molecule has 1 unspecified atom stereocenters. The Labute approximate surface area is 76.7 Å². The molecule has 0 aromatic rings. The number of amides is 1. The molecular formula is C8H14N2O3. The smallest absolute Gasteiger partial charge is 0.327 e. The van der Waals surface area contributed by atoms with E-state index in [0.717, 1.165) is 6.54 Å². The molecule has 0 aliphatic carbocycles. The van der Waals surface area contributed by atoms with Gasteiger partial charge >= 0.3 is 5.97 Å². The number of nitrogens with zero attached hydrogens (tertiary/aromatic N) is 1. The average Bonchev–Trinajstić information content (AvgIpc) is 2.27. The van der Waals surface area contributed by atoms with Gasteiger partial charge in [-0.05, 0) is 6.54 Å². The zero-order valence-electron chi connectivity index (χ0n) is 7.62. The lowest BCUT2D eigenvalue weighted by Gasteiger charge is -2.19. The van der Waals surface area contributed by atoms with Crippen molar-refractivity contribution in [2.45, 2.75) is 19.4 Å². The first-order chi connectivity index (χ1) is 6.13. The van der Waals surface area contributed by atoms with Crippen LogP contribution in [-0.4, -0.2) is 47.6 Å². The number of carboxylic acids is 1. The normalized spacial score (nSPS) is 25.0. The molecule has 0 spiro atoms. The van der Waals surface area contributed by atoms with E-state index in [4.69, 9.17) is 5.11 Å². The fraction of sp³-hybridized carbons (Fsp3) is 0.750. The van der Waals surface area contributed by atoms with Crippen molar-refractivity contribution in [1.82, 2.24) is 10.2 Å². The van der Waals surface area contributed by atoms with Crippen molar-refractivity contribution in [3.05, 3.63) is 0 Å². The van der Waals surface area contributed by atoms with Crippen LogP contribution in [-0.2, 0) is 9.59 Å². The minimum atomic E-state index is -0.964. The molecule has 0 saturated carbocycles. The number of hydrogen-bond acceptors (Lipinski definition) is 3. The number of rotatable bonds is 2. The third-order valence-electron chi connectivity index (χ3n) is 2.18. The van der Waals surface area contributed by atoms with Gasteiger partial charge in [-0.3, -0.25) is 4.79 Å². The van der Waals surface area contributed by atoms with Crippen LogP contribution >= 0.6 is 0 Å². The quantitative estimate of drug-likeness (QED) is 0.597. The first-order valence-electron chi connectivity index (χ1n) is 4.38. The molecule has 0 aromatic heterocycles. The molecule has 2 N–H and O–H groups in total. The van der Waals surface area contributed by atoms with E-state index in [9.17, 15) is 9.59 Å². The van der Waals surface area contributed by atoms with E-state index in [1.165, 1.54) is 0 Å². The zero-order valence-corrected chi connectivity index (χ0v) is 7.62. The molecule has 0 radical (unpaired) electrons. The Balaban J connectivity index is 2.62. The van der Waals surface area contributed by atoms with E-state index < -0.39 is 12.0 Å². The molecule has 1 heterocycles. The fourth-order valence-corrected chi connectivity index (χ4v) is 1.35. The Morgan fingerprint density at radius 1 is 1.77 bits per heavy atom. The van der Waals surface area contributed by atoms with E-state index in [1.807, 2.05) is 11.8 Å². The van der Waals surface area contributed by atoms with E-state index in [2.05, 4.69) is 5.32 Å². The third-order valence-corrected chi connectivity index (χ3v) is 2.18. The van der Waals surface area contributed by atoms with Crippen molar-refractivity contribution < 1.29 is 14.7 Å². The molecule has 1 rings (SSSR count). The molecule has 13 heavy (non-hydrogen) atoms. The van der Waals surface area contributed by atoms with Gasteiger partial charge in [-0.15, -0.1) is 0 Å². The molecule has 1 fully saturated rings.